The molecule has 0 unspecified atom stereocenters. The summed E-state index contributed by atoms with van der Waals surface area (Å²) < 4.78 is 1.83. The summed E-state index contributed by atoms with van der Waals surface area (Å²) in [6, 6.07) is 0.253. The van der Waals surface area contributed by atoms with Crippen molar-refractivity contribution >= 4 is 5.82 Å². The zero-order valence-electron chi connectivity index (χ0n) is 10.3. The van der Waals surface area contributed by atoms with Crippen molar-refractivity contribution in [1.82, 2.24) is 24.7 Å². The van der Waals surface area contributed by atoms with Gasteiger partial charge in [-0.1, -0.05) is 0 Å². The van der Waals surface area contributed by atoms with Crippen molar-refractivity contribution in [2.75, 3.05) is 11.9 Å². The van der Waals surface area contributed by atoms with E-state index in [0.29, 0.717) is 0 Å². The molecule has 6 nitrogen and oxygen atoms in total. The summed E-state index contributed by atoms with van der Waals surface area (Å²) in [4.78, 5) is 12.8. The van der Waals surface area contributed by atoms with E-state index in [4.69, 9.17) is 0 Å². The standard InChI is InChI=1S/C11H16N6/c1-4-12-10-6-13-9(5-14-10)11-15-7-16-17(11)8(2)3/h5-8H,4H2,1-3H3,(H,12,14). The molecule has 2 aromatic rings. The van der Waals surface area contributed by atoms with Gasteiger partial charge in [0.2, 0.25) is 0 Å². The lowest BCUT2D eigenvalue weighted by Crippen LogP contribution is -2.06. The van der Waals surface area contributed by atoms with Gasteiger partial charge in [-0.25, -0.2) is 19.6 Å². The molecule has 0 bridgehead atoms. The van der Waals surface area contributed by atoms with E-state index in [-0.39, 0.29) is 6.04 Å². The fraction of sp³-hybridized carbons (Fsp3) is 0.455. The third-order valence-electron chi connectivity index (χ3n) is 2.30. The molecule has 0 radical (unpaired) electrons. The third kappa shape index (κ3) is 2.41. The van der Waals surface area contributed by atoms with Crippen LogP contribution in [0.2, 0.25) is 0 Å². The van der Waals surface area contributed by atoms with Crippen molar-refractivity contribution in [3.05, 3.63) is 18.7 Å². The predicted octanol–water partition coefficient (Wildman–Crippen LogP) is 1.75. The lowest BCUT2D eigenvalue weighted by molar-refractivity contribution is 0.536. The smallest absolute Gasteiger partial charge is 0.178 e. The summed E-state index contributed by atoms with van der Waals surface area (Å²) in [5.74, 6) is 1.52. The summed E-state index contributed by atoms with van der Waals surface area (Å²) in [5.41, 5.74) is 0.734. The summed E-state index contributed by atoms with van der Waals surface area (Å²) >= 11 is 0. The first-order valence-corrected chi connectivity index (χ1v) is 5.68. The fourth-order valence-electron chi connectivity index (χ4n) is 1.53. The van der Waals surface area contributed by atoms with Crippen molar-refractivity contribution in [3.8, 4) is 11.5 Å². The largest absolute Gasteiger partial charge is 0.369 e. The molecule has 0 spiro atoms. The van der Waals surface area contributed by atoms with Gasteiger partial charge < -0.3 is 5.32 Å². The number of rotatable bonds is 4. The Balaban J connectivity index is 2.30. The van der Waals surface area contributed by atoms with Crippen LogP contribution in [0.4, 0.5) is 5.82 Å². The minimum Gasteiger partial charge on any atom is -0.369 e. The molecule has 0 aliphatic carbocycles. The Morgan fingerprint density at radius 3 is 2.65 bits per heavy atom. The minimum absolute atomic E-state index is 0.253. The van der Waals surface area contributed by atoms with Crippen molar-refractivity contribution in [3.63, 3.8) is 0 Å². The normalized spacial score (nSPS) is 10.8. The molecule has 6 heteroatoms. The SMILES string of the molecule is CCNc1cnc(-c2ncnn2C(C)C)cn1. The van der Waals surface area contributed by atoms with Crippen LogP contribution in [-0.4, -0.2) is 31.3 Å². The second-order valence-corrected chi connectivity index (χ2v) is 3.94. The molecule has 0 atom stereocenters. The maximum absolute atomic E-state index is 4.33. The van der Waals surface area contributed by atoms with Crippen molar-refractivity contribution in [2.24, 2.45) is 0 Å². The van der Waals surface area contributed by atoms with Crippen LogP contribution in [0.25, 0.3) is 11.5 Å². The minimum atomic E-state index is 0.253. The molecular formula is C11H16N6. The first-order chi connectivity index (χ1) is 8.22. The van der Waals surface area contributed by atoms with E-state index >= 15 is 0 Å². The van der Waals surface area contributed by atoms with Gasteiger partial charge in [0.15, 0.2) is 5.82 Å². The Hall–Kier alpha value is -1.98. The number of anilines is 1. The zero-order chi connectivity index (χ0) is 12.3. The number of nitrogens with one attached hydrogen (secondary N) is 1. The Bertz CT molecular complexity index is 473. The Morgan fingerprint density at radius 1 is 1.24 bits per heavy atom. The van der Waals surface area contributed by atoms with E-state index in [1.165, 1.54) is 6.33 Å². The van der Waals surface area contributed by atoms with Crippen LogP contribution in [0.1, 0.15) is 26.8 Å². The van der Waals surface area contributed by atoms with Crippen LogP contribution >= 0.6 is 0 Å². The van der Waals surface area contributed by atoms with E-state index in [0.717, 1.165) is 23.9 Å². The molecule has 0 aromatic carbocycles. The number of hydrogen-bond acceptors (Lipinski definition) is 5. The van der Waals surface area contributed by atoms with Crippen molar-refractivity contribution in [1.29, 1.82) is 0 Å². The average molecular weight is 232 g/mol. The van der Waals surface area contributed by atoms with E-state index in [1.54, 1.807) is 12.4 Å². The highest BCUT2D eigenvalue weighted by Crippen LogP contribution is 2.16. The quantitative estimate of drug-likeness (QED) is 0.869. The molecule has 1 N–H and O–H groups in total. The zero-order valence-corrected chi connectivity index (χ0v) is 10.3. The highest BCUT2D eigenvalue weighted by molar-refractivity contribution is 5.49. The molecular weight excluding hydrogens is 216 g/mol. The second kappa shape index (κ2) is 4.90. The summed E-state index contributed by atoms with van der Waals surface area (Å²) in [6.07, 6.45) is 4.95. The van der Waals surface area contributed by atoms with Crippen LogP contribution in [0.15, 0.2) is 18.7 Å². The average Bonchev–Trinajstić information content (AvgIpc) is 2.79. The summed E-state index contributed by atoms with van der Waals surface area (Å²) in [7, 11) is 0. The van der Waals surface area contributed by atoms with Crippen LogP contribution in [0, 0.1) is 0 Å². The fourth-order valence-corrected chi connectivity index (χ4v) is 1.53. The lowest BCUT2D eigenvalue weighted by atomic mass is 10.3. The molecule has 2 heterocycles. The van der Waals surface area contributed by atoms with Crippen LogP contribution in [-0.2, 0) is 0 Å². The molecule has 0 saturated heterocycles. The summed E-state index contributed by atoms with van der Waals surface area (Å²) in [5, 5.41) is 7.27. The number of aromatic nitrogens is 5. The number of hydrogen-bond donors (Lipinski definition) is 1. The van der Waals surface area contributed by atoms with Gasteiger partial charge in [-0.3, -0.25) is 0 Å². The van der Waals surface area contributed by atoms with Crippen LogP contribution in [0.3, 0.4) is 0 Å². The summed E-state index contributed by atoms with van der Waals surface area (Å²) in [6.45, 7) is 6.96. The molecule has 2 aromatic heterocycles. The van der Waals surface area contributed by atoms with E-state index < -0.39 is 0 Å². The van der Waals surface area contributed by atoms with Crippen LogP contribution < -0.4 is 5.32 Å². The van der Waals surface area contributed by atoms with Gasteiger partial charge in [0.1, 0.15) is 17.8 Å². The Morgan fingerprint density at radius 2 is 2.06 bits per heavy atom. The van der Waals surface area contributed by atoms with Gasteiger partial charge in [-0.05, 0) is 20.8 Å². The maximum atomic E-state index is 4.33. The second-order valence-electron chi connectivity index (χ2n) is 3.94. The van der Waals surface area contributed by atoms with E-state index in [2.05, 4.69) is 39.2 Å². The molecule has 2 rings (SSSR count). The molecule has 0 aliphatic heterocycles. The first kappa shape index (κ1) is 11.5. The monoisotopic (exact) mass is 232 g/mol. The molecule has 0 amide bonds. The topological polar surface area (TPSA) is 68.5 Å². The lowest BCUT2D eigenvalue weighted by Gasteiger charge is -2.08. The third-order valence-corrected chi connectivity index (χ3v) is 2.30. The Labute approximate surface area is 100 Å². The predicted molar refractivity (Wildman–Crippen MR) is 65.6 cm³/mol. The van der Waals surface area contributed by atoms with Gasteiger partial charge in [0.05, 0.1) is 12.4 Å². The van der Waals surface area contributed by atoms with Crippen LogP contribution in [0.5, 0.6) is 0 Å². The molecule has 90 valence electrons. The van der Waals surface area contributed by atoms with Gasteiger partial charge in [-0.2, -0.15) is 5.10 Å². The van der Waals surface area contributed by atoms with E-state index in [1.807, 2.05) is 11.6 Å². The van der Waals surface area contributed by atoms with Crippen molar-refractivity contribution in [2.45, 2.75) is 26.8 Å². The van der Waals surface area contributed by atoms with E-state index in [9.17, 15) is 0 Å². The molecule has 0 saturated carbocycles. The van der Waals surface area contributed by atoms with Gasteiger partial charge >= 0.3 is 0 Å². The molecule has 17 heavy (non-hydrogen) atoms. The van der Waals surface area contributed by atoms with Gasteiger partial charge in [0.25, 0.3) is 0 Å². The first-order valence-electron chi connectivity index (χ1n) is 5.68. The molecule has 0 aliphatic rings. The highest BCUT2D eigenvalue weighted by Gasteiger charge is 2.11. The molecule has 0 fully saturated rings. The Kier molecular flexibility index (Phi) is 3.32. The van der Waals surface area contributed by atoms with Gasteiger partial charge in [0, 0.05) is 12.6 Å². The van der Waals surface area contributed by atoms with Gasteiger partial charge in [-0.15, -0.1) is 0 Å². The maximum Gasteiger partial charge on any atom is 0.178 e. The van der Waals surface area contributed by atoms with Crippen molar-refractivity contribution < 1.29 is 0 Å². The number of nitrogens with zero attached hydrogens (tertiary/aromatic N) is 5. The highest BCUT2D eigenvalue weighted by atomic mass is 15.3.